The Morgan fingerprint density at radius 1 is 0.875 bits per heavy atom. The summed E-state index contributed by atoms with van der Waals surface area (Å²) in [7, 11) is 0. The van der Waals surface area contributed by atoms with Crippen LogP contribution < -0.4 is 0 Å². The molecule has 0 amide bonds. The second kappa shape index (κ2) is 6.83. The summed E-state index contributed by atoms with van der Waals surface area (Å²) in [6.45, 7) is 0. The van der Waals surface area contributed by atoms with Gasteiger partial charge in [-0.1, -0.05) is 60.2 Å². The molecule has 0 radical (unpaired) electrons. The first-order chi connectivity index (χ1) is 7.90. The first-order valence-electron chi connectivity index (χ1n) is 7.14. The summed E-state index contributed by atoms with van der Waals surface area (Å²) in [6, 6.07) is 0. The molecule has 0 saturated heterocycles. The van der Waals surface area contributed by atoms with Crippen LogP contribution in [0, 0.1) is 17.8 Å². The highest BCUT2D eigenvalue weighted by Gasteiger charge is 2.34. The molecule has 92 valence electrons. The predicted octanol–water partition coefficient (Wildman–Crippen LogP) is 5.32. The van der Waals surface area contributed by atoms with E-state index in [0.29, 0.717) is 0 Å². The van der Waals surface area contributed by atoms with Crippen molar-refractivity contribution in [2.75, 3.05) is 5.33 Å². The quantitative estimate of drug-likeness (QED) is 0.321. The smallest absolute Gasteiger partial charge is 0.00313 e. The van der Waals surface area contributed by atoms with E-state index in [9.17, 15) is 0 Å². The van der Waals surface area contributed by atoms with Crippen LogP contribution >= 0.6 is 15.9 Å². The lowest BCUT2D eigenvalue weighted by Crippen LogP contribution is -2.06. The van der Waals surface area contributed by atoms with Crippen molar-refractivity contribution in [3.63, 3.8) is 0 Å². The molecule has 3 unspecified atom stereocenters. The Morgan fingerprint density at radius 2 is 1.62 bits per heavy atom. The van der Waals surface area contributed by atoms with Gasteiger partial charge < -0.3 is 0 Å². The number of unbranched alkanes of at least 4 members (excludes halogenated alkanes) is 5. The van der Waals surface area contributed by atoms with Crippen molar-refractivity contribution in [3.8, 4) is 0 Å². The van der Waals surface area contributed by atoms with E-state index in [0.717, 1.165) is 17.8 Å². The zero-order valence-electron chi connectivity index (χ0n) is 10.3. The minimum atomic E-state index is 0.967. The van der Waals surface area contributed by atoms with Crippen molar-refractivity contribution in [2.45, 2.75) is 57.8 Å². The van der Waals surface area contributed by atoms with Crippen LogP contribution in [0.4, 0.5) is 0 Å². The summed E-state index contributed by atoms with van der Waals surface area (Å²) < 4.78 is 0. The van der Waals surface area contributed by atoms with Gasteiger partial charge in [0.15, 0.2) is 0 Å². The van der Waals surface area contributed by atoms with Gasteiger partial charge in [0.05, 0.1) is 0 Å². The van der Waals surface area contributed by atoms with E-state index in [1.807, 2.05) is 0 Å². The van der Waals surface area contributed by atoms with Gasteiger partial charge in [0.1, 0.15) is 0 Å². The molecule has 16 heavy (non-hydrogen) atoms. The summed E-state index contributed by atoms with van der Waals surface area (Å²) >= 11 is 3.49. The van der Waals surface area contributed by atoms with Crippen molar-refractivity contribution in [2.24, 2.45) is 17.8 Å². The van der Waals surface area contributed by atoms with E-state index < -0.39 is 0 Å². The van der Waals surface area contributed by atoms with Crippen LogP contribution in [0.25, 0.3) is 0 Å². The van der Waals surface area contributed by atoms with E-state index >= 15 is 0 Å². The highest BCUT2D eigenvalue weighted by atomic mass is 79.9. The lowest BCUT2D eigenvalue weighted by Gasteiger charge is -2.17. The maximum Gasteiger partial charge on any atom is 0.00313 e. The molecule has 2 rings (SSSR count). The first-order valence-corrected chi connectivity index (χ1v) is 8.26. The van der Waals surface area contributed by atoms with E-state index in [1.165, 1.54) is 63.1 Å². The average molecular weight is 285 g/mol. The van der Waals surface area contributed by atoms with Gasteiger partial charge in [0, 0.05) is 5.33 Å². The monoisotopic (exact) mass is 284 g/mol. The molecule has 0 N–H and O–H groups in total. The Kier molecular flexibility index (Phi) is 5.41. The molecular weight excluding hydrogens is 260 g/mol. The summed E-state index contributed by atoms with van der Waals surface area (Å²) in [5.41, 5.74) is 0. The molecule has 0 aromatic heterocycles. The Labute approximate surface area is 109 Å². The molecule has 0 nitrogen and oxygen atoms in total. The van der Waals surface area contributed by atoms with E-state index in [4.69, 9.17) is 0 Å². The number of rotatable bonds is 8. The Morgan fingerprint density at radius 3 is 2.25 bits per heavy atom. The van der Waals surface area contributed by atoms with Crippen LogP contribution in [0.15, 0.2) is 12.2 Å². The summed E-state index contributed by atoms with van der Waals surface area (Å²) in [5, 5.41) is 1.18. The van der Waals surface area contributed by atoms with E-state index in [2.05, 4.69) is 28.1 Å². The van der Waals surface area contributed by atoms with Gasteiger partial charge in [-0.25, -0.2) is 0 Å². The second-order valence-electron chi connectivity index (χ2n) is 5.64. The number of hydrogen-bond donors (Lipinski definition) is 0. The topological polar surface area (TPSA) is 0 Å². The zero-order chi connectivity index (χ0) is 11.2. The van der Waals surface area contributed by atoms with Crippen LogP contribution in [0.1, 0.15) is 57.8 Å². The van der Waals surface area contributed by atoms with Crippen molar-refractivity contribution in [1.29, 1.82) is 0 Å². The maximum absolute atomic E-state index is 3.49. The molecule has 0 aromatic rings. The van der Waals surface area contributed by atoms with Crippen LogP contribution in [-0.4, -0.2) is 5.33 Å². The van der Waals surface area contributed by atoms with Gasteiger partial charge in [-0.3, -0.25) is 0 Å². The predicted molar refractivity (Wildman–Crippen MR) is 75.0 cm³/mol. The van der Waals surface area contributed by atoms with Crippen LogP contribution in [0.3, 0.4) is 0 Å². The number of halogens is 1. The zero-order valence-corrected chi connectivity index (χ0v) is 11.9. The normalized spacial score (nSPS) is 31.4. The van der Waals surface area contributed by atoms with Crippen molar-refractivity contribution < 1.29 is 0 Å². The van der Waals surface area contributed by atoms with E-state index in [1.54, 1.807) is 0 Å². The Bertz CT molecular complexity index is 221. The SMILES string of the molecule is BrCCCCCCCCC1CC2C=CC1C2. The van der Waals surface area contributed by atoms with Gasteiger partial charge in [0.25, 0.3) is 0 Å². The molecule has 1 fully saturated rings. The molecule has 2 aliphatic rings. The van der Waals surface area contributed by atoms with Crippen LogP contribution in [-0.2, 0) is 0 Å². The van der Waals surface area contributed by atoms with Gasteiger partial charge in [-0.15, -0.1) is 0 Å². The molecule has 0 spiro atoms. The number of allylic oxidation sites excluding steroid dienone is 2. The molecular formula is C15H25Br. The molecule has 0 aromatic carbocycles. The van der Waals surface area contributed by atoms with Crippen LogP contribution in [0.5, 0.6) is 0 Å². The summed E-state index contributed by atoms with van der Waals surface area (Å²) in [5.74, 6) is 2.99. The number of fused-ring (bicyclic) bond motifs is 2. The largest absolute Gasteiger partial charge is 0.0928 e. The summed E-state index contributed by atoms with van der Waals surface area (Å²) in [4.78, 5) is 0. The molecule has 3 atom stereocenters. The molecule has 1 saturated carbocycles. The van der Waals surface area contributed by atoms with E-state index in [-0.39, 0.29) is 0 Å². The standard InChI is InChI=1S/C15H25Br/c16-10-6-4-2-1-3-5-7-14-11-13-8-9-15(14)12-13/h8-9,13-15H,1-7,10-12H2. The minimum absolute atomic E-state index is 0.967. The third kappa shape index (κ3) is 3.61. The Hall–Kier alpha value is 0.220. The van der Waals surface area contributed by atoms with Crippen LogP contribution in [0.2, 0.25) is 0 Å². The average Bonchev–Trinajstić information content (AvgIpc) is 2.90. The lowest BCUT2D eigenvalue weighted by atomic mass is 9.88. The summed E-state index contributed by atoms with van der Waals surface area (Å²) in [6.07, 6.45) is 18.1. The van der Waals surface area contributed by atoms with Crippen molar-refractivity contribution >= 4 is 15.9 Å². The Balaban J connectivity index is 1.45. The molecule has 0 heterocycles. The fraction of sp³-hybridized carbons (Fsp3) is 0.867. The fourth-order valence-electron chi connectivity index (χ4n) is 3.43. The van der Waals surface area contributed by atoms with Gasteiger partial charge >= 0.3 is 0 Å². The van der Waals surface area contributed by atoms with Gasteiger partial charge in [-0.05, 0) is 43.4 Å². The molecule has 1 heteroatoms. The fourth-order valence-corrected chi connectivity index (χ4v) is 3.83. The molecule has 2 aliphatic carbocycles. The minimum Gasteiger partial charge on any atom is -0.0928 e. The third-order valence-electron chi connectivity index (χ3n) is 4.37. The van der Waals surface area contributed by atoms with Gasteiger partial charge in [-0.2, -0.15) is 0 Å². The number of alkyl halides is 1. The number of hydrogen-bond acceptors (Lipinski definition) is 0. The molecule has 0 aliphatic heterocycles. The highest BCUT2D eigenvalue weighted by Crippen LogP contribution is 2.45. The van der Waals surface area contributed by atoms with Crippen molar-refractivity contribution in [1.82, 2.24) is 0 Å². The van der Waals surface area contributed by atoms with Gasteiger partial charge in [0.2, 0.25) is 0 Å². The second-order valence-corrected chi connectivity index (χ2v) is 6.43. The third-order valence-corrected chi connectivity index (χ3v) is 4.94. The molecule has 2 bridgehead atoms. The maximum atomic E-state index is 3.49. The highest BCUT2D eigenvalue weighted by molar-refractivity contribution is 9.09. The first kappa shape index (κ1) is 12.7. The van der Waals surface area contributed by atoms with Crippen molar-refractivity contribution in [3.05, 3.63) is 12.2 Å². The lowest BCUT2D eigenvalue weighted by molar-refractivity contribution is 0.394.